The van der Waals surface area contributed by atoms with Crippen LogP contribution in [0.5, 0.6) is 17.2 Å². The van der Waals surface area contributed by atoms with Gasteiger partial charge in [-0.2, -0.15) is 0 Å². The molecule has 2 rings (SSSR count). The number of ether oxygens (including phenoxy) is 3. The second-order valence-electron chi connectivity index (χ2n) is 4.57. The minimum Gasteiger partial charge on any atom is -0.493 e. The Labute approximate surface area is 129 Å². The van der Waals surface area contributed by atoms with Crippen LogP contribution in [-0.2, 0) is 6.61 Å². The van der Waals surface area contributed by atoms with E-state index in [0.717, 1.165) is 5.56 Å². The summed E-state index contributed by atoms with van der Waals surface area (Å²) in [7, 11) is 2.97. The van der Waals surface area contributed by atoms with Crippen molar-refractivity contribution in [3.8, 4) is 17.2 Å². The van der Waals surface area contributed by atoms with Crippen LogP contribution in [0.3, 0.4) is 0 Å². The van der Waals surface area contributed by atoms with Gasteiger partial charge < -0.3 is 19.3 Å². The van der Waals surface area contributed by atoms with Gasteiger partial charge in [0.05, 0.1) is 14.2 Å². The topological polar surface area (TPSA) is 65.0 Å². The van der Waals surface area contributed by atoms with Crippen LogP contribution in [0.2, 0.25) is 0 Å². The van der Waals surface area contributed by atoms with E-state index < -0.39 is 12.4 Å². The van der Waals surface area contributed by atoms with E-state index in [4.69, 9.17) is 19.3 Å². The van der Waals surface area contributed by atoms with Crippen LogP contribution in [0, 0.1) is 0 Å². The van der Waals surface area contributed by atoms with Crippen molar-refractivity contribution < 1.29 is 24.1 Å². The molecule has 116 valence electrons. The van der Waals surface area contributed by atoms with Gasteiger partial charge in [-0.05, 0) is 17.7 Å². The Kier molecular flexibility index (Phi) is 5.38. The smallest absolute Gasteiger partial charge is 0.203 e. The molecule has 0 saturated carbocycles. The number of rotatable bonds is 7. The summed E-state index contributed by atoms with van der Waals surface area (Å²) in [5.41, 5.74) is 1.31. The van der Waals surface area contributed by atoms with Crippen molar-refractivity contribution in [2.45, 2.75) is 6.61 Å². The molecule has 0 aliphatic rings. The first-order valence-corrected chi connectivity index (χ1v) is 6.76. The number of benzene rings is 2. The average Bonchev–Trinajstić information content (AvgIpc) is 2.59. The summed E-state index contributed by atoms with van der Waals surface area (Å²) < 4.78 is 16.3. The highest BCUT2D eigenvalue weighted by molar-refractivity contribution is 5.98. The van der Waals surface area contributed by atoms with E-state index in [1.807, 2.05) is 30.3 Å². The Balaban J connectivity index is 2.31. The SMILES string of the molecule is COc1cc(C(=O)CO)cc(OC)c1OCc1ccccc1. The molecule has 0 spiro atoms. The van der Waals surface area contributed by atoms with Crippen LogP contribution >= 0.6 is 0 Å². The fourth-order valence-electron chi connectivity index (χ4n) is 2.00. The summed E-state index contributed by atoms with van der Waals surface area (Å²) in [5, 5.41) is 8.97. The van der Waals surface area contributed by atoms with E-state index in [2.05, 4.69) is 0 Å². The fourth-order valence-corrected chi connectivity index (χ4v) is 2.00. The molecule has 0 amide bonds. The zero-order valence-corrected chi connectivity index (χ0v) is 12.5. The molecular formula is C17H18O5. The summed E-state index contributed by atoms with van der Waals surface area (Å²) in [4.78, 5) is 11.6. The average molecular weight is 302 g/mol. The van der Waals surface area contributed by atoms with Gasteiger partial charge in [-0.1, -0.05) is 30.3 Å². The van der Waals surface area contributed by atoms with Crippen LogP contribution in [0.4, 0.5) is 0 Å². The highest BCUT2D eigenvalue weighted by Gasteiger charge is 2.17. The van der Waals surface area contributed by atoms with Crippen LogP contribution in [0.1, 0.15) is 15.9 Å². The molecule has 0 radical (unpaired) electrons. The summed E-state index contributed by atoms with van der Waals surface area (Å²) >= 11 is 0. The number of carbonyl (C=O) groups excluding carboxylic acids is 1. The zero-order chi connectivity index (χ0) is 15.9. The second kappa shape index (κ2) is 7.47. The molecule has 1 N–H and O–H groups in total. The number of ketones is 1. The Morgan fingerprint density at radius 1 is 1.05 bits per heavy atom. The molecule has 2 aromatic rings. The summed E-state index contributed by atoms with van der Waals surface area (Å²) in [6, 6.07) is 12.7. The first kappa shape index (κ1) is 15.9. The van der Waals surface area contributed by atoms with Crippen molar-refractivity contribution >= 4 is 5.78 Å². The maximum atomic E-state index is 11.6. The Morgan fingerprint density at radius 3 is 2.14 bits per heavy atom. The number of aliphatic hydroxyl groups excluding tert-OH is 1. The lowest BCUT2D eigenvalue weighted by atomic mass is 10.1. The lowest BCUT2D eigenvalue weighted by Gasteiger charge is -2.15. The van der Waals surface area contributed by atoms with Crippen molar-refractivity contribution in [2.24, 2.45) is 0 Å². The van der Waals surface area contributed by atoms with Gasteiger partial charge in [0.1, 0.15) is 13.2 Å². The second-order valence-corrected chi connectivity index (χ2v) is 4.57. The predicted octanol–water partition coefficient (Wildman–Crippen LogP) is 2.46. The van der Waals surface area contributed by atoms with E-state index in [-0.39, 0.29) is 0 Å². The molecule has 0 fully saturated rings. The third-order valence-electron chi connectivity index (χ3n) is 3.15. The molecule has 0 bridgehead atoms. The summed E-state index contributed by atoms with van der Waals surface area (Å²) in [5.74, 6) is 0.772. The van der Waals surface area contributed by atoms with E-state index in [1.54, 1.807) is 0 Å². The number of aliphatic hydroxyl groups is 1. The predicted molar refractivity (Wildman–Crippen MR) is 81.7 cm³/mol. The van der Waals surface area contributed by atoms with Crippen LogP contribution < -0.4 is 14.2 Å². The highest BCUT2D eigenvalue weighted by Crippen LogP contribution is 2.39. The minimum atomic E-state index is -0.573. The molecule has 5 nitrogen and oxygen atoms in total. The maximum Gasteiger partial charge on any atom is 0.203 e. The van der Waals surface area contributed by atoms with Gasteiger partial charge >= 0.3 is 0 Å². The van der Waals surface area contributed by atoms with Crippen molar-refractivity contribution in [1.29, 1.82) is 0 Å². The molecule has 0 aliphatic heterocycles. The van der Waals surface area contributed by atoms with E-state index in [9.17, 15) is 4.79 Å². The quantitative estimate of drug-likeness (QED) is 0.796. The van der Waals surface area contributed by atoms with Crippen molar-refractivity contribution in [3.05, 3.63) is 53.6 Å². The number of Topliss-reactive ketones (excluding diaryl/α,β-unsaturated/α-hetero) is 1. The van der Waals surface area contributed by atoms with Gasteiger partial charge in [0.15, 0.2) is 17.3 Å². The van der Waals surface area contributed by atoms with Crippen molar-refractivity contribution in [3.63, 3.8) is 0 Å². The zero-order valence-electron chi connectivity index (χ0n) is 12.5. The number of carbonyl (C=O) groups is 1. The molecule has 2 aromatic carbocycles. The first-order valence-electron chi connectivity index (χ1n) is 6.76. The van der Waals surface area contributed by atoms with Crippen LogP contribution in [0.15, 0.2) is 42.5 Å². The standard InChI is InChI=1S/C17H18O5/c1-20-15-8-13(14(19)10-18)9-16(21-2)17(15)22-11-12-6-4-3-5-7-12/h3-9,18H,10-11H2,1-2H3. The molecule has 0 unspecified atom stereocenters. The van der Waals surface area contributed by atoms with E-state index in [0.29, 0.717) is 29.4 Å². The van der Waals surface area contributed by atoms with Gasteiger partial charge in [-0.25, -0.2) is 0 Å². The molecule has 5 heteroatoms. The lowest BCUT2D eigenvalue weighted by molar-refractivity contribution is 0.0903. The largest absolute Gasteiger partial charge is 0.493 e. The summed E-state index contributed by atoms with van der Waals surface area (Å²) in [6.07, 6.45) is 0. The third kappa shape index (κ3) is 3.56. The third-order valence-corrected chi connectivity index (χ3v) is 3.15. The molecule has 22 heavy (non-hydrogen) atoms. The summed E-state index contributed by atoms with van der Waals surface area (Å²) in [6.45, 7) is -0.225. The normalized spacial score (nSPS) is 10.1. The van der Waals surface area contributed by atoms with Gasteiger partial charge in [0, 0.05) is 5.56 Å². The van der Waals surface area contributed by atoms with Gasteiger partial charge in [-0.15, -0.1) is 0 Å². The van der Waals surface area contributed by atoms with Crippen LogP contribution in [-0.4, -0.2) is 31.7 Å². The van der Waals surface area contributed by atoms with Crippen LogP contribution in [0.25, 0.3) is 0 Å². The van der Waals surface area contributed by atoms with E-state index >= 15 is 0 Å². The minimum absolute atomic E-state index is 0.309. The molecular weight excluding hydrogens is 284 g/mol. The number of hydrogen-bond donors (Lipinski definition) is 1. The fraction of sp³-hybridized carbons (Fsp3) is 0.235. The Morgan fingerprint density at radius 2 is 1.64 bits per heavy atom. The number of hydrogen-bond acceptors (Lipinski definition) is 5. The molecule has 0 aliphatic carbocycles. The first-order chi connectivity index (χ1) is 10.7. The van der Waals surface area contributed by atoms with Gasteiger partial charge in [0.25, 0.3) is 0 Å². The maximum absolute atomic E-state index is 11.6. The lowest BCUT2D eigenvalue weighted by Crippen LogP contribution is -2.07. The Hall–Kier alpha value is -2.53. The monoisotopic (exact) mass is 302 g/mol. The molecule has 0 heterocycles. The highest BCUT2D eigenvalue weighted by atomic mass is 16.5. The van der Waals surface area contributed by atoms with Crippen molar-refractivity contribution in [2.75, 3.05) is 20.8 Å². The van der Waals surface area contributed by atoms with Crippen molar-refractivity contribution in [1.82, 2.24) is 0 Å². The number of methoxy groups -OCH3 is 2. The van der Waals surface area contributed by atoms with E-state index in [1.165, 1.54) is 26.4 Å². The Bertz CT molecular complexity index is 612. The van der Waals surface area contributed by atoms with Gasteiger partial charge in [0.2, 0.25) is 5.75 Å². The molecule has 0 saturated heterocycles. The molecule has 0 atom stereocenters. The molecule has 0 aromatic heterocycles. The van der Waals surface area contributed by atoms with Gasteiger partial charge in [-0.3, -0.25) is 4.79 Å².